The van der Waals surface area contributed by atoms with Crippen LogP contribution in [-0.2, 0) is 4.74 Å². The second-order valence-electron chi connectivity index (χ2n) is 3.19. The van der Waals surface area contributed by atoms with Crippen molar-refractivity contribution in [3.05, 3.63) is 60.2 Å². The molecule has 1 atom stereocenters. The first-order chi connectivity index (χ1) is 7.27. The summed E-state index contributed by atoms with van der Waals surface area (Å²) >= 11 is 5.82. The highest BCUT2D eigenvalue weighted by molar-refractivity contribution is 6.30. The SMILES string of the molecule is C=CCOC(CC=C)c1ccc(Cl)cc1. The third-order valence-electron chi connectivity index (χ3n) is 2.04. The summed E-state index contributed by atoms with van der Waals surface area (Å²) in [5, 5.41) is 0.736. The third kappa shape index (κ3) is 3.90. The smallest absolute Gasteiger partial charge is 0.0863 e. The second-order valence-corrected chi connectivity index (χ2v) is 3.62. The van der Waals surface area contributed by atoms with E-state index in [1.54, 1.807) is 6.08 Å². The average Bonchev–Trinajstić information content (AvgIpc) is 2.25. The predicted octanol–water partition coefficient (Wildman–Crippen LogP) is 4.16. The number of benzene rings is 1. The summed E-state index contributed by atoms with van der Waals surface area (Å²) in [4.78, 5) is 0. The Balaban J connectivity index is 2.73. The van der Waals surface area contributed by atoms with Gasteiger partial charge in [-0.25, -0.2) is 0 Å². The summed E-state index contributed by atoms with van der Waals surface area (Å²) in [6.07, 6.45) is 4.42. The molecule has 0 N–H and O–H groups in total. The average molecular weight is 223 g/mol. The highest BCUT2D eigenvalue weighted by atomic mass is 35.5. The van der Waals surface area contributed by atoms with E-state index in [0.717, 1.165) is 17.0 Å². The quantitative estimate of drug-likeness (QED) is 0.657. The van der Waals surface area contributed by atoms with Crippen molar-refractivity contribution >= 4 is 11.6 Å². The van der Waals surface area contributed by atoms with Crippen molar-refractivity contribution in [2.45, 2.75) is 12.5 Å². The van der Waals surface area contributed by atoms with E-state index in [4.69, 9.17) is 16.3 Å². The molecule has 0 saturated carbocycles. The molecule has 80 valence electrons. The highest BCUT2D eigenvalue weighted by Gasteiger charge is 2.08. The van der Waals surface area contributed by atoms with Crippen LogP contribution in [0.5, 0.6) is 0 Å². The van der Waals surface area contributed by atoms with Gasteiger partial charge in [0.1, 0.15) is 0 Å². The van der Waals surface area contributed by atoms with Gasteiger partial charge in [-0.2, -0.15) is 0 Å². The summed E-state index contributed by atoms with van der Waals surface area (Å²) in [5.41, 5.74) is 1.11. The maximum absolute atomic E-state index is 5.82. The maximum Gasteiger partial charge on any atom is 0.0863 e. The molecule has 0 amide bonds. The number of ether oxygens (including phenoxy) is 1. The Morgan fingerprint density at radius 3 is 2.40 bits per heavy atom. The molecule has 0 bridgehead atoms. The first kappa shape index (κ1) is 12.0. The van der Waals surface area contributed by atoms with Crippen LogP contribution >= 0.6 is 11.6 Å². The molecule has 0 radical (unpaired) electrons. The Morgan fingerprint density at radius 1 is 1.20 bits per heavy atom. The fraction of sp³-hybridized carbons (Fsp3) is 0.231. The summed E-state index contributed by atoms with van der Waals surface area (Å²) in [6.45, 7) is 7.89. The van der Waals surface area contributed by atoms with Gasteiger partial charge in [0.25, 0.3) is 0 Å². The molecule has 1 aromatic carbocycles. The van der Waals surface area contributed by atoms with Gasteiger partial charge in [-0.15, -0.1) is 13.2 Å². The molecule has 0 saturated heterocycles. The van der Waals surface area contributed by atoms with Crippen LogP contribution < -0.4 is 0 Å². The molecule has 0 aliphatic heterocycles. The molecular formula is C13H15ClO. The van der Waals surface area contributed by atoms with Gasteiger partial charge in [-0.3, -0.25) is 0 Å². The Hall–Kier alpha value is -1.05. The van der Waals surface area contributed by atoms with E-state index >= 15 is 0 Å². The largest absolute Gasteiger partial charge is 0.369 e. The molecular weight excluding hydrogens is 208 g/mol. The number of rotatable bonds is 6. The van der Waals surface area contributed by atoms with Crippen molar-refractivity contribution in [2.75, 3.05) is 6.61 Å². The minimum Gasteiger partial charge on any atom is -0.369 e. The van der Waals surface area contributed by atoms with E-state index in [0.29, 0.717) is 6.61 Å². The molecule has 0 spiro atoms. The lowest BCUT2D eigenvalue weighted by Crippen LogP contribution is -2.03. The van der Waals surface area contributed by atoms with E-state index in [1.807, 2.05) is 30.3 Å². The lowest BCUT2D eigenvalue weighted by Gasteiger charge is -2.15. The number of hydrogen-bond acceptors (Lipinski definition) is 1. The van der Waals surface area contributed by atoms with Crippen LogP contribution in [-0.4, -0.2) is 6.61 Å². The van der Waals surface area contributed by atoms with Crippen LogP contribution in [0.4, 0.5) is 0 Å². The normalized spacial score (nSPS) is 12.1. The third-order valence-corrected chi connectivity index (χ3v) is 2.29. The first-order valence-electron chi connectivity index (χ1n) is 4.86. The number of halogens is 1. The van der Waals surface area contributed by atoms with E-state index in [-0.39, 0.29) is 6.10 Å². The molecule has 0 aliphatic rings. The molecule has 1 unspecified atom stereocenters. The van der Waals surface area contributed by atoms with Gasteiger partial charge in [0, 0.05) is 5.02 Å². The van der Waals surface area contributed by atoms with Gasteiger partial charge in [0.05, 0.1) is 12.7 Å². The fourth-order valence-corrected chi connectivity index (χ4v) is 1.44. The van der Waals surface area contributed by atoms with Crippen LogP contribution in [0.25, 0.3) is 0 Å². The van der Waals surface area contributed by atoms with Gasteiger partial charge >= 0.3 is 0 Å². The van der Waals surface area contributed by atoms with Gasteiger partial charge in [-0.05, 0) is 24.1 Å². The van der Waals surface area contributed by atoms with Crippen molar-refractivity contribution in [1.82, 2.24) is 0 Å². The summed E-state index contributed by atoms with van der Waals surface area (Å²) < 4.78 is 5.63. The number of hydrogen-bond donors (Lipinski definition) is 0. The second kappa shape index (κ2) is 6.44. The Kier molecular flexibility index (Phi) is 5.16. The Labute approximate surface area is 96.0 Å². The van der Waals surface area contributed by atoms with Gasteiger partial charge < -0.3 is 4.74 Å². The predicted molar refractivity (Wildman–Crippen MR) is 65.2 cm³/mol. The Bertz CT molecular complexity index is 316. The molecule has 0 aromatic heterocycles. The fourth-order valence-electron chi connectivity index (χ4n) is 1.31. The van der Waals surface area contributed by atoms with Crippen LogP contribution in [0.15, 0.2) is 49.6 Å². The van der Waals surface area contributed by atoms with Crippen molar-refractivity contribution in [2.24, 2.45) is 0 Å². The zero-order valence-corrected chi connectivity index (χ0v) is 9.41. The zero-order valence-electron chi connectivity index (χ0n) is 8.66. The first-order valence-corrected chi connectivity index (χ1v) is 5.24. The lowest BCUT2D eigenvalue weighted by molar-refractivity contribution is 0.0766. The minimum absolute atomic E-state index is 0.0396. The monoisotopic (exact) mass is 222 g/mol. The minimum atomic E-state index is 0.0396. The molecule has 15 heavy (non-hydrogen) atoms. The highest BCUT2D eigenvalue weighted by Crippen LogP contribution is 2.23. The van der Waals surface area contributed by atoms with Crippen molar-refractivity contribution in [3.63, 3.8) is 0 Å². The molecule has 0 heterocycles. The van der Waals surface area contributed by atoms with Crippen molar-refractivity contribution in [1.29, 1.82) is 0 Å². The topological polar surface area (TPSA) is 9.23 Å². The maximum atomic E-state index is 5.82. The van der Waals surface area contributed by atoms with Crippen LogP contribution in [0.3, 0.4) is 0 Å². The van der Waals surface area contributed by atoms with Crippen LogP contribution in [0.1, 0.15) is 18.1 Å². The van der Waals surface area contributed by atoms with E-state index in [2.05, 4.69) is 13.2 Å². The van der Waals surface area contributed by atoms with E-state index in [9.17, 15) is 0 Å². The summed E-state index contributed by atoms with van der Waals surface area (Å²) in [5.74, 6) is 0. The van der Waals surface area contributed by atoms with Gasteiger partial charge in [-0.1, -0.05) is 35.9 Å². The molecule has 1 rings (SSSR count). The van der Waals surface area contributed by atoms with Crippen molar-refractivity contribution in [3.8, 4) is 0 Å². The Morgan fingerprint density at radius 2 is 1.87 bits per heavy atom. The molecule has 1 nitrogen and oxygen atoms in total. The summed E-state index contributed by atoms with van der Waals surface area (Å²) in [6, 6.07) is 7.67. The van der Waals surface area contributed by atoms with Crippen molar-refractivity contribution < 1.29 is 4.74 Å². The van der Waals surface area contributed by atoms with Gasteiger partial charge in [0.2, 0.25) is 0 Å². The standard InChI is InChI=1S/C13H15ClO/c1-3-5-13(15-10-4-2)11-6-8-12(14)9-7-11/h3-4,6-9,13H,1-2,5,10H2. The molecule has 0 aliphatic carbocycles. The van der Waals surface area contributed by atoms with Crippen LogP contribution in [0.2, 0.25) is 5.02 Å². The lowest BCUT2D eigenvalue weighted by atomic mass is 10.1. The zero-order chi connectivity index (χ0) is 11.1. The van der Waals surface area contributed by atoms with Crippen LogP contribution in [0, 0.1) is 0 Å². The van der Waals surface area contributed by atoms with Gasteiger partial charge in [0.15, 0.2) is 0 Å². The van der Waals surface area contributed by atoms with E-state index in [1.165, 1.54) is 0 Å². The summed E-state index contributed by atoms with van der Waals surface area (Å²) in [7, 11) is 0. The molecule has 1 aromatic rings. The van der Waals surface area contributed by atoms with E-state index < -0.39 is 0 Å². The molecule has 2 heteroatoms. The molecule has 0 fully saturated rings.